The van der Waals surface area contributed by atoms with Crippen molar-refractivity contribution in [2.45, 2.75) is 26.3 Å². The van der Waals surface area contributed by atoms with Crippen molar-refractivity contribution in [2.75, 3.05) is 27.4 Å². The first-order valence-corrected chi connectivity index (χ1v) is 11.5. The summed E-state index contributed by atoms with van der Waals surface area (Å²) >= 11 is 3.37. The van der Waals surface area contributed by atoms with E-state index >= 15 is 0 Å². The molecule has 0 aromatic heterocycles. The van der Waals surface area contributed by atoms with Crippen LogP contribution in [-0.4, -0.2) is 57.5 Å². The van der Waals surface area contributed by atoms with E-state index in [-0.39, 0.29) is 25.5 Å². The van der Waals surface area contributed by atoms with Gasteiger partial charge in [0.25, 0.3) is 5.91 Å². The molecule has 35 heavy (non-hydrogen) atoms. The number of rotatable bonds is 12. The number of nitrogens with one attached hydrogen (secondary N) is 2. The zero-order valence-corrected chi connectivity index (χ0v) is 21.5. The summed E-state index contributed by atoms with van der Waals surface area (Å²) in [5, 5.41) is 6.57. The Bertz CT molecular complexity index is 1060. The maximum absolute atomic E-state index is 12.3. The highest BCUT2D eigenvalue weighted by atomic mass is 79.9. The van der Waals surface area contributed by atoms with Gasteiger partial charge in [-0.25, -0.2) is 10.2 Å². The number of nitrogens with zero attached hydrogens (tertiary/aromatic N) is 1. The van der Waals surface area contributed by atoms with Crippen molar-refractivity contribution >= 4 is 39.9 Å². The number of hydrazone groups is 1. The molecule has 0 aliphatic rings. The lowest BCUT2D eigenvalue weighted by Gasteiger charge is -2.13. The molecule has 1 unspecified atom stereocenters. The molecular weight excluding hydrogens is 522 g/mol. The van der Waals surface area contributed by atoms with Crippen molar-refractivity contribution in [3.8, 4) is 17.2 Å². The summed E-state index contributed by atoms with van der Waals surface area (Å²) in [6.45, 7) is 3.26. The monoisotopic (exact) mass is 549 g/mol. The van der Waals surface area contributed by atoms with E-state index in [2.05, 4.69) is 31.8 Å². The van der Waals surface area contributed by atoms with E-state index in [1.54, 1.807) is 57.4 Å². The summed E-state index contributed by atoms with van der Waals surface area (Å²) in [5.41, 5.74) is 3.78. The standard InChI is InChI=1S/C24H28BrN3O7/c1-5-34-22(30)14-35-23-19(25)10-17(11-20(23)33-4)13-26-28-24(31)15(2)27-21(29)12-16-6-8-18(32-3)9-7-16/h6-11,13,15H,5,12,14H2,1-4H3,(H,27,29)(H,28,31). The first kappa shape index (κ1) is 27.6. The van der Waals surface area contributed by atoms with Crippen LogP contribution in [0.25, 0.3) is 0 Å². The molecule has 11 heteroatoms. The lowest BCUT2D eigenvalue weighted by Crippen LogP contribution is -2.43. The zero-order chi connectivity index (χ0) is 25.8. The summed E-state index contributed by atoms with van der Waals surface area (Å²) in [7, 11) is 3.02. The van der Waals surface area contributed by atoms with Crippen LogP contribution >= 0.6 is 15.9 Å². The average Bonchev–Trinajstić information content (AvgIpc) is 2.83. The van der Waals surface area contributed by atoms with Crippen LogP contribution in [0.3, 0.4) is 0 Å². The summed E-state index contributed by atoms with van der Waals surface area (Å²) < 4.78 is 21.3. The minimum absolute atomic E-state index is 0.128. The van der Waals surface area contributed by atoms with Gasteiger partial charge in [0, 0.05) is 0 Å². The summed E-state index contributed by atoms with van der Waals surface area (Å²) in [4.78, 5) is 36.1. The number of esters is 1. The molecule has 0 aliphatic carbocycles. The second-order valence-corrected chi connectivity index (χ2v) is 8.03. The molecule has 0 spiro atoms. The highest BCUT2D eigenvalue weighted by molar-refractivity contribution is 9.10. The molecule has 2 aromatic carbocycles. The number of amides is 2. The number of benzene rings is 2. The quantitative estimate of drug-likeness (QED) is 0.237. The van der Waals surface area contributed by atoms with Crippen molar-refractivity contribution < 1.29 is 33.3 Å². The van der Waals surface area contributed by atoms with Gasteiger partial charge in [-0.05, 0) is 65.2 Å². The van der Waals surface area contributed by atoms with Gasteiger partial charge in [-0.15, -0.1) is 0 Å². The number of hydrogen-bond donors (Lipinski definition) is 2. The van der Waals surface area contributed by atoms with E-state index in [0.29, 0.717) is 27.3 Å². The summed E-state index contributed by atoms with van der Waals surface area (Å²) in [5.74, 6) is 0.104. The summed E-state index contributed by atoms with van der Waals surface area (Å²) in [6.07, 6.45) is 1.54. The third-order valence-electron chi connectivity index (χ3n) is 4.57. The van der Waals surface area contributed by atoms with Gasteiger partial charge >= 0.3 is 5.97 Å². The van der Waals surface area contributed by atoms with Gasteiger partial charge in [-0.2, -0.15) is 5.10 Å². The van der Waals surface area contributed by atoms with E-state index in [1.165, 1.54) is 13.3 Å². The van der Waals surface area contributed by atoms with Crippen LogP contribution in [0.4, 0.5) is 0 Å². The van der Waals surface area contributed by atoms with Crippen LogP contribution in [0, 0.1) is 0 Å². The lowest BCUT2D eigenvalue weighted by molar-refractivity contribution is -0.145. The van der Waals surface area contributed by atoms with Gasteiger partial charge in [0.15, 0.2) is 18.1 Å². The molecule has 188 valence electrons. The fraction of sp³-hybridized carbons (Fsp3) is 0.333. The predicted octanol–water partition coefficient (Wildman–Crippen LogP) is 2.61. The van der Waals surface area contributed by atoms with Crippen molar-refractivity contribution in [1.29, 1.82) is 0 Å². The van der Waals surface area contributed by atoms with E-state index in [1.807, 2.05) is 0 Å². The second-order valence-electron chi connectivity index (χ2n) is 7.18. The SMILES string of the molecule is CCOC(=O)COc1c(Br)cc(C=NNC(=O)C(C)NC(=O)Cc2ccc(OC)cc2)cc1OC. The third kappa shape index (κ3) is 8.93. The Morgan fingerprint density at radius 1 is 1.11 bits per heavy atom. The fourth-order valence-corrected chi connectivity index (χ4v) is 3.42. The Morgan fingerprint density at radius 3 is 2.46 bits per heavy atom. The van der Waals surface area contributed by atoms with Crippen molar-refractivity contribution in [1.82, 2.24) is 10.7 Å². The van der Waals surface area contributed by atoms with Crippen LogP contribution in [-0.2, 0) is 25.5 Å². The third-order valence-corrected chi connectivity index (χ3v) is 5.16. The van der Waals surface area contributed by atoms with Gasteiger partial charge in [-0.1, -0.05) is 12.1 Å². The number of ether oxygens (including phenoxy) is 4. The number of hydrogen-bond acceptors (Lipinski definition) is 8. The van der Waals surface area contributed by atoms with Crippen LogP contribution in [0.15, 0.2) is 46.0 Å². The molecule has 2 rings (SSSR count). The Morgan fingerprint density at radius 2 is 1.83 bits per heavy atom. The van der Waals surface area contributed by atoms with Crippen LogP contribution in [0.5, 0.6) is 17.2 Å². The Labute approximate surface area is 212 Å². The van der Waals surface area contributed by atoms with Crippen LogP contribution < -0.4 is 25.0 Å². The molecule has 2 amide bonds. The predicted molar refractivity (Wildman–Crippen MR) is 133 cm³/mol. The van der Waals surface area contributed by atoms with Crippen molar-refractivity contribution in [2.24, 2.45) is 5.10 Å². The maximum atomic E-state index is 12.3. The number of carbonyl (C=O) groups excluding carboxylic acids is 3. The highest BCUT2D eigenvalue weighted by Gasteiger charge is 2.16. The van der Waals surface area contributed by atoms with Crippen LogP contribution in [0.1, 0.15) is 25.0 Å². The van der Waals surface area contributed by atoms with E-state index in [9.17, 15) is 14.4 Å². The number of methoxy groups -OCH3 is 2. The smallest absolute Gasteiger partial charge is 0.344 e. The zero-order valence-electron chi connectivity index (χ0n) is 19.9. The molecule has 1 atom stereocenters. The van der Waals surface area contributed by atoms with E-state index < -0.39 is 17.9 Å². The Kier molecular flexibility index (Phi) is 11.0. The highest BCUT2D eigenvalue weighted by Crippen LogP contribution is 2.36. The molecule has 10 nitrogen and oxygen atoms in total. The topological polar surface area (TPSA) is 125 Å². The molecule has 0 saturated heterocycles. The molecular formula is C24H28BrN3O7. The van der Waals surface area contributed by atoms with Gasteiger partial charge < -0.3 is 24.3 Å². The Balaban J connectivity index is 1.91. The average molecular weight is 550 g/mol. The minimum Gasteiger partial charge on any atom is -0.497 e. The molecule has 0 fully saturated rings. The Hall–Kier alpha value is -3.60. The molecule has 0 saturated carbocycles. The molecule has 2 N–H and O–H groups in total. The van der Waals surface area contributed by atoms with E-state index in [4.69, 9.17) is 18.9 Å². The van der Waals surface area contributed by atoms with Gasteiger partial charge in [-0.3, -0.25) is 9.59 Å². The first-order valence-electron chi connectivity index (χ1n) is 10.7. The largest absolute Gasteiger partial charge is 0.497 e. The fourth-order valence-electron chi connectivity index (χ4n) is 2.84. The van der Waals surface area contributed by atoms with Crippen molar-refractivity contribution in [3.63, 3.8) is 0 Å². The van der Waals surface area contributed by atoms with Crippen molar-refractivity contribution in [3.05, 3.63) is 52.0 Å². The normalized spacial score (nSPS) is 11.5. The van der Waals surface area contributed by atoms with Gasteiger partial charge in [0.2, 0.25) is 5.91 Å². The van der Waals surface area contributed by atoms with Gasteiger partial charge in [0.1, 0.15) is 11.8 Å². The maximum Gasteiger partial charge on any atom is 0.344 e. The number of carbonyl (C=O) groups is 3. The molecule has 0 radical (unpaired) electrons. The molecule has 2 aromatic rings. The van der Waals surface area contributed by atoms with E-state index in [0.717, 1.165) is 5.56 Å². The second kappa shape index (κ2) is 14.0. The van der Waals surface area contributed by atoms with Gasteiger partial charge in [0.05, 0.1) is 37.9 Å². The minimum atomic E-state index is -0.794. The molecule has 0 bridgehead atoms. The number of halogens is 1. The first-order chi connectivity index (χ1) is 16.8. The van der Waals surface area contributed by atoms with Crippen LogP contribution in [0.2, 0.25) is 0 Å². The summed E-state index contributed by atoms with van der Waals surface area (Å²) in [6, 6.07) is 9.61. The molecule has 0 heterocycles. The lowest BCUT2D eigenvalue weighted by atomic mass is 10.1. The molecule has 0 aliphatic heterocycles.